The third-order valence-corrected chi connectivity index (χ3v) is 3.36. The van der Waals surface area contributed by atoms with Crippen molar-refractivity contribution in [3.05, 3.63) is 35.7 Å². The lowest BCUT2D eigenvalue weighted by molar-refractivity contribution is 0.0952. The first kappa shape index (κ1) is 13.4. The van der Waals surface area contributed by atoms with Gasteiger partial charge in [-0.25, -0.2) is 4.68 Å². The molecule has 104 valence electrons. The molecule has 1 aromatic heterocycles. The molecule has 1 N–H and O–H groups in total. The number of hydrogen-bond acceptors (Lipinski definition) is 4. The van der Waals surface area contributed by atoms with Crippen molar-refractivity contribution in [2.75, 3.05) is 18.0 Å². The number of rotatable bonds is 1. The zero-order valence-corrected chi connectivity index (χ0v) is 11.4. The molecule has 1 aliphatic rings. The first-order valence-corrected chi connectivity index (χ1v) is 6.42. The molecule has 7 nitrogen and oxygen atoms in total. The van der Waals surface area contributed by atoms with Crippen molar-refractivity contribution in [2.24, 2.45) is 7.05 Å². The summed E-state index contributed by atoms with van der Waals surface area (Å²) in [6.45, 7) is 0.733. The summed E-state index contributed by atoms with van der Waals surface area (Å²) < 4.78 is 1.40. The molecular weight excluding hydrogens is 269 g/mol. The minimum Gasteiger partial charge on any atom is -0.350 e. The first-order chi connectivity index (χ1) is 10.1. The van der Waals surface area contributed by atoms with Crippen molar-refractivity contribution >= 4 is 30.8 Å². The molecule has 0 bridgehead atoms. The second-order valence-electron chi connectivity index (χ2n) is 4.73. The Labute approximate surface area is 122 Å². The van der Waals surface area contributed by atoms with E-state index in [9.17, 15) is 9.59 Å². The van der Waals surface area contributed by atoms with Gasteiger partial charge in [0.2, 0.25) is 0 Å². The molecule has 2 heterocycles. The van der Waals surface area contributed by atoms with Crippen LogP contribution in [-0.2, 0) is 7.05 Å². The van der Waals surface area contributed by atoms with E-state index in [1.54, 1.807) is 25.2 Å². The Balaban J connectivity index is 2.08. The summed E-state index contributed by atoms with van der Waals surface area (Å²) >= 11 is 0. The fourth-order valence-electron chi connectivity index (χ4n) is 2.30. The van der Waals surface area contributed by atoms with Crippen LogP contribution in [0.4, 0.5) is 5.69 Å². The monoisotopic (exact) mass is 281 g/mol. The summed E-state index contributed by atoms with van der Waals surface area (Å²) in [5.74, 6) is -0.499. The summed E-state index contributed by atoms with van der Waals surface area (Å²) in [7, 11) is 7.37. The quantitative estimate of drug-likeness (QED) is 0.680. The second-order valence-corrected chi connectivity index (χ2v) is 4.73. The third kappa shape index (κ3) is 2.28. The van der Waals surface area contributed by atoms with Gasteiger partial charge in [-0.05, 0) is 6.07 Å². The minimum absolute atomic E-state index is 0.240. The Morgan fingerprint density at radius 2 is 2.24 bits per heavy atom. The van der Waals surface area contributed by atoms with E-state index >= 15 is 0 Å². The summed E-state index contributed by atoms with van der Waals surface area (Å²) in [5, 5.41) is 10.2. The summed E-state index contributed by atoms with van der Waals surface area (Å²) in [6, 6.07) is 4.91. The van der Waals surface area contributed by atoms with E-state index in [1.807, 2.05) is 0 Å². The van der Waals surface area contributed by atoms with Crippen LogP contribution < -0.4 is 15.7 Å². The topological polar surface area (TPSA) is 80.1 Å². The lowest BCUT2D eigenvalue weighted by Crippen LogP contribution is -2.36. The zero-order chi connectivity index (χ0) is 15.0. The fraction of sp³-hybridized carbons (Fsp3) is 0.231. The van der Waals surface area contributed by atoms with Gasteiger partial charge in [0.1, 0.15) is 13.5 Å². The fourth-order valence-corrected chi connectivity index (χ4v) is 2.30. The predicted molar refractivity (Wildman–Crippen MR) is 76.8 cm³/mol. The van der Waals surface area contributed by atoms with Gasteiger partial charge < -0.3 is 10.2 Å². The number of aryl methyl sites for hydroxylation is 1. The highest BCUT2D eigenvalue weighted by Crippen LogP contribution is 2.23. The number of nitrogens with one attached hydrogen (secondary N) is 1. The van der Waals surface area contributed by atoms with E-state index in [0.717, 1.165) is 0 Å². The van der Waals surface area contributed by atoms with Gasteiger partial charge in [0.15, 0.2) is 0 Å². The Morgan fingerprint density at radius 1 is 1.43 bits per heavy atom. The molecule has 0 saturated carbocycles. The average molecular weight is 281 g/mol. The van der Waals surface area contributed by atoms with Gasteiger partial charge in [-0.1, -0.05) is 22.8 Å². The molecule has 0 spiro atoms. The Hall–Kier alpha value is -2.64. The maximum Gasteiger partial charge on any atom is 0.278 e. The van der Waals surface area contributed by atoms with Crippen molar-refractivity contribution < 1.29 is 9.59 Å². The van der Waals surface area contributed by atoms with E-state index in [1.165, 1.54) is 15.8 Å². The predicted octanol–water partition coefficient (Wildman–Crippen LogP) is -1.00. The van der Waals surface area contributed by atoms with Gasteiger partial charge in [0.05, 0.1) is 17.4 Å². The number of carbonyl (C=O) groups is 2. The Kier molecular flexibility index (Phi) is 3.21. The molecule has 0 aliphatic carbocycles. The number of fused-ring (bicyclic) bond motifs is 1. The van der Waals surface area contributed by atoms with E-state index in [4.69, 9.17) is 7.85 Å². The van der Waals surface area contributed by atoms with Crippen molar-refractivity contribution in [1.82, 2.24) is 20.3 Å². The number of hydrogen-bond donors (Lipinski definition) is 1. The molecule has 21 heavy (non-hydrogen) atoms. The molecule has 0 unspecified atom stereocenters. The van der Waals surface area contributed by atoms with Crippen molar-refractivity contribution in [3.63, 3.8) is 0 Å². The van der Waals surface area contributed by atoms with Crippen LogP contribution in [0.15, 0.2) is 24.4 Å². The van der Waals surface area contributed by atoms with Crippen LogP contribution in [0.5, 0.6) is 0 Å². The van der Waals surface area contributed by atoms with Gasteiger partial charge in [0, 0.05) is 20.1 Å². The highest BCUT2D eigenvalue weighted by Gasteiger charge is 2.27. The van der Waals surface area contributed by atoms with Crippen molar-refractivity contribution in [2.45, 2.75) is 0 Å². The van der Waals surface area contributed by atoms with Gasteiger partial charge in [-0.2, -0.15) is 0 Å². The second kappa shape index (κ2) is 5.04. The average Bonchev–Trinajstić information content (AvgIpc) is 2.82. The highest BCUT2D eigenvalue weighted by molar-refractivity contribution is 6.33. The number of anilines is 1. The normalized spacial score (nSPS) is 14.3. The van der Waals surface area contributed by atoms with Crippen LogP contribution >= 0.6 is 0 Å². The molecule has 3 rings (SSSR count). The lowest BCUT2D eigenvalue weighted by Gasteiger charge is -2.21. The molecule has 2 amide bonds. The molecule has 2 aromatic rings. The SMILES string of the molecule is [B]c1ccc2c(c1)C(=O)NCCN2C(=O)c1cnnn1C. The number of benzene rings is 1. The van der Waals surface area contributed by atoms with Crippen molar-refractivity contribution in [3.8, 4) is 0 Å². The van der Waals surface area contributed by atoms with Crippen LogP contribution in [0.3, 0.4) is 0 Å². The number of amides is 2. The molecule has 0 fully saturated rings. The minimum atomic E-state index is -0.259. The third-order valence-electron chi connectivity index (χ3n) is 3.36. The van der Waals surface area contributed by atoms with Gasteiger partial charge >= 0.3 is 0 Å². The molecule has 2 radical (unpaired) electrons. The van der Waals surface area contributed by atoms with Crippen LogP contribution in [0.2, 0.25) is 0 Å². The number of aromatic nitrogens is 3. The highest BCUT2D eigenvalue weighted by atomic mass is 16.2. The summed E-state index contributed by atoms with van der Waals surface area (Å²) in [5.41, 5.74) is 1.74. The molecule has 0 atom stereocenters. The molecular formula is C13H12BN5O2. The molecule has 1 aliphatic heterocycles. The standard InChI is InChI=1S/C13H12BN5O2/c1-18-11(7-16-17-18)13(21)19-5-4-15-12(20)9-6-8(14)2-3-10(9)19/h2-3,6-7H,4-5H2,1H3,(H,15,20). The number of nitrogens with zero attached hydrogens (tertiary/aromatic N) is 4. The van der Waals surface area contributed by atoms with Crippen LogP contribution in [0.25, 0.3) is 0 Å². The zero-order valence-electron chi connectivity index (χ0n) is 11.4. The molecule has 8 heteroatoms. The lowest BCUT2D eigenvalue weighted by atomic mass is 9.93. The van der Waals surface area contributed by atoms with Gasteiger partial charge in [-0.15, -0.1) is 5.10 Å². The smallest absolute Gasteiger partial charge is 0.278 e. The van der Waals surface area contributed by atoms with Crippen LogP contribution in [0.1, 0.15) is 20.8 Å². The van der Waals surface area contributed by atoms with Gasteiger partial charge in [-0.3, -0.25) is 9.59 Å². The van der Waals surface area contributed by atoms with Crippen molar-refractivity contribution in [1.29, 1.82) is 0 Å². The summed E-state index contributed by atoms with van der Waals surface area (Å²) in [6.07, 6.45) is 1.40. The van der Waals surface area contributed by atoms with Crippen LogP contribution in [-0.4, -0.2) is 47.7 Å². The van der Waals surface area contributed by atoms with Crippen LogP contribution in [0, 0.1) is 0 Å². The maximum atomic E-state index is 12.6. The first-order valence-electron chi connectivity index (χ1n) is 6.42. The molecule has 0 saturated heterocycles. The van der Waals surface area contributed by atoms with E-state index in [-0.39, 0.29) is 11.8 Å². The number of carbonyl (C=O) groups excluding carboxylic acids is 2. The van der Waals surface area contributed by atoms with E-state index < -0.39 is 0 Å². The largest absolute Gasteiger partial charge is 0.350 e. The maximum absolute atomic E-state index is 12.6. The van der Waals surface area contributed by atoms with E-state index in [2.05, 4.69) is 15.6 Å². The Bertz CT molecular complexity index is 727. The van der Waals surface area contributed by atoms with E-state index in [0.29, 0.717) is 35.5 Å². The van der Waals surface area contributed by atoms with Gasteiger partial charge in [0.25, 0.3) is 11.8 Å². The molecule has 1 aromatic carbocycles. The Morgan fingerprint density at radius 3 is 2.95 bits per heavy atom. The summed E-state index contributed by atoms with van der Waals surface area (Å²) in [4.78, 5) is 26.2.